The van der Waals surface area contributed by atoms with Gasteiger partial charge in [0.1, 0.15) is 0 Å². The standard InChI is InChI=1S/C21H16ClNO2S.C5H10O2/c22-19-10-11-21-18(15-19)12-13-23(21)26(24,25)14-4-8-17-7-3-6-16-5-1-2-9-20(16)17;1-3-4(2)5(6)7/h1-13,15H,14H2;4H,3H2,1-2H3,(H,6,7). The molecule has 0 saturated carbocycles. The molecule has 0 amide bonds. The lowest BCUT2D eigenvalue weighted by Gasteiger charge is -2.06. The first-order chi connectivity index (χ1) is 15.7. The summed E-state index contributed by atoms with van der Waals surface area (Å²) >= 11 is 5.97. The molecular weight excluding hydrogens is 458 g/mol. The predicted molar refractivity (Wildman–Crippen MR) is 136 cm³/mol. The number of carboxylic acids is 1. The van der Waals surface area contributed by atoms with Gasteiger partial charge in [-0.05, 0) is 47.0 Å². The van der Waals surface area contributed by atoms with Gasteiger partial charge in [0.25, 0.3) is 0 Å². The number of fused-ring (bicyclic) bond motifs is 2. The molecule has 1 aromatic heterocycles. The summed E-state index contributed by atoms with van der Waals surface area (Å²) < 4.78 is 26.8. The number of hydrogen-bond donors (Lipinski definition) is 1. The van der Waals surface area contributed by atoms with E-state index in [1.54, 1.807) is 43.5 Å². The minimum Gasteiger partial charge on any atom is -0.481 e. The number of aliphatic carboxylic acids is 1. The van der Waals surface area contributed by atoms with Crippen molar-refractivity contribution in [3.05, 3.63) is 89.6 Å². The molecule has 1 unspecified atom stereocenters. The largest absolute Gasteiger partial charge is 0.481 e. The topological polar surface area (TPSA) is 76.4 Å². The fourth-order valence-corrected chi connectivity index (χ4v) is 4.67. The summed E-state index contributed by atoms with van der Waals surface area (Å²) in [5.74, 6) is -0.967. The van der Waals surface area contributed by atoms with E-state index in [0.717, 1.165) is 28.1 Å². The normalized spacial score (nSPS) is 12.6. The van der Waals surface area contributed by atoms with Crippen molar-refractivity contribution in [1.29, 1.82) is 0 Å². The average molecular weight is 484 g/mol. The van der Waals surface area contributed by atoms with Crippen LogP contribution in [0.5, 0.6) is 0 Å². The van der Waals surface area contributed by atoms with Gasteiger partial charge in [-0.1, -0.05) is 80.1 Å². The molecule has 1 N–H and O–H groups in total. The summed E-state index contributed by atoms with van der Waals surface area (Å²) in [6.07, 6.45) is 5.85. The highest BCUT2D eigenvalue weighted by molar-refractivity contribution is 7.90. The van der Waals surface area contributed by atoms with Crippen LogP contribution in [0.15, 0.2) is 79.0 Å². The van der Waals surface area contributed by atoms with Gasteiger partial charge in [0, 0.05) is 16.6 Å². The number of nitrogens with zero attached hydrogens (tertiary/aromatic N) is 1. The van der Waals surface area contributed by atoms with Crippen LogP contribution in [0.1, 0.15) is 25.8 Å². The highest BCUT2D eigenvalue weighted by Gasteiger charge is 2.14. The monoisotopic (exact) mass is 483 g/mol. The summed E-state index contributed by atoms with van der Waals surface area (Å²) in [7, 11) is -3.49. The Morgan fingerprint density at radius 1 is 1.06 bits per heavy atom. The van der Waals surface area contributed by atoms with E-state index in [2.05, 4.69) is 0 Å². The Hall–Kier alpha value is -3.09. The van der Waals surface area contributed by atoms with Gasteiger partial charge in [-0.15, -0.1) is 0 Å². The Bertz CT molecular complexity index is 1400. The van der Waals surface area contributed by atoms with Crippen LogP contribution in [0.3, 0.4) is 0 Å². The van der Waals surface area contributed by atoms with Gasteiger partial charge < -0.3 is 5.11 Å². The van der Waals surface area contributed by atoms with Crippen molar-refractivity contribution in [3.8, 4) is 0 Å². The number of hydrogen-bond acceptors (Lipinski definition) is 3. The van der Waals surface area contributed by atoms with Crippen molar-refractivity contribution in [3.63, 3.8) is 0 Å². The van der Waals surface area contributed by atoms with Crippen molar-refractivity contribution >= 4 is 55.3 Å². The van der Waals surface area contributed by atoms with E-state index in [1.165, 1.54) is 3.97 Å². The van der Waals surface area contributed by atoms with Crippen LogP contribution >= 0.6 is 11.6 Å². The highest BCUT2D eigenvalue weighted by Crippen LogP contribution is 2.23. The number of carbonyl (C=O) groups is 1. The molecule has 5 nitrogen and oxygen atoms in total. The lowest BCUT2D eigenvalue weighted by Crippen LogP contribution is -2.14. The molecular formula is C26H26ClNO4S. The molecule has 0 bridgehead atoms. The van der Waals surface area contributed by atoms with Crippen molar-refractivity contribution in [1.82, 2.24) is 3.97 Å². The zero-order valence-corrected chi connectivity index (χ0v) is 20.1. The first-order valence-electron chi connectivity index (χ1n) is 10.6. The molecule has 4 rings (SSSR count). The van der Waals surface area contributed by atoms with Crippen LogP contribution in [0.25, 0.3) is 27.8 Å². The molecule has 0 fully saturated rings. The molecule has 0 saturated heterocycles. The van der Waals surface area contributed by atoms with Crippen LogP contribution < -0.4 is 0 Å². The van der Waals surface area contributed by atoms with Gasteiger partial charge in [0.2, 0.25) is 10.0 Å². The average Bonchev–Trinajstić information content (AvgIpc) is 3.23. The summed E-state index contributed by atoms with van der Waals surface area (Å²) in [4.78, 5) is 9.93. The van der Waals surface area contributed by atoms with E-state index in [-0.39, 0.29) is 11.7 Å². The second kappa shape index (κ2) is 10.7. The van der Waals surface area contributed by atoms with Gasteiger partial charge in [-0.2, -0.15) is 0 Å². The number of rotatable bonds is 6. The molecule has 1 atom stereocenters. The molecule has 0 aliphatic carbocycles. The number of halogens is 1. The first kappa shape index (κ1) is 24.6. The molecule has 7 heteroatoms. The second-order valence-corrected chi connectivity index (χ2v) is 10.0. The van der Waals surface area contributed by atoms with Crippen molar-refractivity contribution < 1.29 is 18.3 Å². The molecule has 0 spiro atoms. The van der Waals surface area contributed by atoms with Crippen LogP contribution in [0, 0.1) is 5.92 Å². The number of benzene rings is 3. The summed E-state index contributed by atoms with van der Waals surface area (Å²) in [5.41, 5.74) is 1.63. The zero-order chi connectivity index (χ0) is 24.0. The van der Waals surface area contributed by atoms with Gasteiger partial charge >= 0.3 is 5.97 Å². The Labute approximate surface area is 199 Å². The predicted octanol–water partition coefficient (Wildman–Crippen LogP) is 6.46. The number of carboxylic acid groups (broad SMARTS) is 1. The van der Waals surface area contributed by atoms with Crippen LogP contribution in [-0.2, 0) is 14.8 Å². The van der Waals surface area contributed by atoms with E-state index >= 15 is 0 Å². The third-order valence-corrected chi connectivity index (χ3v) is 7.14. The molecule has 3 aromatic carbocycles. The smallest absolute Gasteiger partial charge is 0.306 e. The summed E-state index contributed by atoms with van der Waals surface area (Å²) in [5, 5.41) is 11.8. The van der Waals surface area contributed by atoms with Crippen LogP contribution in [0.4, 0.5) is 0 Å². The molecule has 0 radical (unpaired) electrons. The summed E-state index contributed by atoms with van der Waals surface area (Å²) in [6.45, 7) is 3.56. The maximum Gasteiger partial charge on any atom is 0.306 e. The minimum absolute atomic E-state index is 0.0807. The molecule has 4 aromatic rings. The highest BCUT2D eigenvalue weighted by atomic mass is 35.5. The maximum atomic E-state index is 12.7. The van der Waals surface area contributed by atoms with Gasteiger partial charge in [0.05, 0.1) is 17.2 Å². The Morgan fingerprint density at radius 3 is 2.48 bits per heavy atom. The first-order valence-corrected chi connectivity index (χ1v) is 12.6. The van der Waals surface area contributed by atoms with E-state index < -0.39 is 16.0 Å². The minimum atomic E-state index is -3.49. The molecule has 172 valence electrons. The Balaban J connectivity index is 0.000000383. The third kappa shape index (κ3) is 6.03. The van der Waals surface area contributed by atoms with Crippen molar-refractivity contribution in [2.24, 2.45) is 5.92 Å². The quantitative estimate of drug-likeness (QED) is 0.341. The maximum absolute atomic E-state index is 12.7. The lowest BCUT2D eigenvalue weighted by molar-refractivity contribution is -0.141. The zero-order valence-electron chi connectivity index (χ0n) is 18.5. The number of aromatic nitrogens is 1. The molecule has 0 aliphatic rings. The van der Waals surface area contributed by atoms with Crippen LogP contribution in [-0.4, -0.2) is 29.2 Å². The van der Waals surface area contributed by atoms with Crippen molar-refractivity contribution in [2.75, 3.05) is 5.75 Å². The van der Waals surface area contributed by atoms with Gasteiger partial charge in [0.15, 0.2) is 0 Å². The molecule has 0 aliphatic heterocycles. The SMILES string of the molecule is CCC(C)C(=O)O.O=S(=O)(CC=Cc1cccc2ccccc12)n1ccc2cc(Cl)ccc21. The van der Waals surface area contributed by atoms with Crippen LogP contribution in [0.2, 0.25) is 5.02 Å². The van der Waals surface area contributed by atoms with Crippen molar-refractivity contribution in [2.45, 2.75) is 20.3 Å². The second-order valence-electron chi connectivity index (χ2n) is 7.71. The lowest BCUT2D eigenvalue weighted by atomic mass is 10.0. The van der Waals surface area contributed by atoms with Gasteiger partial charge in [-0.25, -0.2) is 12.4 Å². The fourth-order valence-electron chi connectivity index (χ4n) is 3.28. The van der Waals surface area contributed by atoms with E-state index in [4.69, 9.17) is 16.7 Å². The molecule has 33 heavy (non-hydrogen) atoms. The van der Waals surface area contributed by atoms with Gasteiger partial charge in [-0.3, -0.25) is 4.79 Å². The fraction of sp³-hybridized carbons (Fsp3) is 0.192. The third-order valence-electron chi connectivity index (χ3n) is 5.38. The Morgan fingerprint density at radius 2 is 1.79 bits per heavy atom. The van der Waals surface area contributed by atoms with E-state index in [9.17, 15) is 13.2 Å². The summed E-state index contributed by atoms with van der Waals surface area (Å²) in [6, 6.07) is 21.0. The van der Waals surface area contributed by atoms with E-state index in [1.807, 2.05) is 55.5 Å². The molecule has 1 heterocycles. The van der Waals surface area contributed by atoms with E-state index in [0.29, 0.717) is 10.5 Å². The Kier molecular flexibility index (Phi) is 7.95.